The van der Waals surface area contributed by atoms with Gasteiger partial charge in [0.1, 0.15) is 8.07 Å². The Hall–Kier alpha value is -4.58. The normalized spacial score (nSPS) is 17.1. The molecule has 1 unspecified atom stereocenters. The second-order valence-corrected chi connectivity index (χ2v) is 28.3. The van der Waals surface area contributed by atoms with Gasteiger partial charge in [0.2, 0.25) is 0 Å². The highest BCUT2D eigenvalue weighted by Gasteiger charge is 2.53. The summed E-state index contributed by atoms with van der Waals surface area (Å²) in [4.78, 5) is 5.26. The number of benzene rings is 6. The Labute approximate surface area is 326 Å². The first-order chi connectivity index (χ1) is 25.5. The van der Waals surface area contributed by atoms with E-state index < -0.39 is 16.1 Å². The van der Waals surface area contributed by atoms with E-state index >= 15 is 0 Å². The molecule has 5 heteroatoms. The number of hydrogen-bond acceptors (Lipinski definition) is 2. The van der Waals surface area contributed by atoms with E-state index in [-0.39, 0.29) is 17.5 Å². The fourth-order valence-corrected chi connectivity index (χ4v) is 15.0. The van der Waals surface area contributed by atoms with Crippen LogP contribution in [0, 0.1) is 6.92 Å². The van der Waals surface area contributed by atoms with Gasteiger partial charge < -0.3 is 9.80 Å². The summed E-state index contributed by atoms with van der Waals surface area (Å²) in [5.74, 6) is 0. The number of aryl methyl sites for hydroxylation is 1. The van der Waals surface area contributed by atoms with Gasteiger partial charge in [-0.1, -0.05) is 156 Å². The van der Waals surface area contributed by atoms with Crippen molar-refractivity contribution in [3.05, 3.63) is 138 Å². The molecule has 3 heterocycles. The van der Waals surface area contributed by atoms with Crippen molar-refractivity contribution in [2.45, 2.75) is 85.5 Å². The molecule has 6 aromatic carbocycles. The second kappa shape index (κ2) is 11.7. The van der Waals surface area contributed by atoms with Crippen molar-refractivity contribution in [3.8, 4) is 0 Å². The standard InChI is InChI=1S/C49H53BN2Si2/c1-32-27-41-45-42(28-32)52(36-30-33(48(2,3)4)29-34(31-36)49(5,6)7)40-20-16-22-44-47(40)50(45)46-39(51(41)35-23-25-37(26-24-35)53(8,9)10)19-15-21-43(46)54(44,11)38-17-13-12-14-18-38/h12-31H,1-11H3. The molecule has 0 bridgehead atoms. The summed E-state index contributed by atoms with van der Waals surface area (Å²) in [7, 11) is -3.94. The third-order valence-electron chi connectivity index (χ3n) is 12.6. The zero-order valence-corrected chi connectivity index (χ0v) is 36.0. The summed E-state index contributed by atoms with van der Waals surface area (Å²) in [6, 6.07) is 47.8. The van der Waals surface area contributed by atoms with Crippen molar-refractivity contribution in [1.29, 1.82) is 0 Å². The molecule has 1 atom stereocenters. The molecular formula is C49H53BN2Si2. The first-order valence-electron chi connectivity index (χ1n) is 19.8. The highest BCUT2D eigenvalue weighted by Crippen LogP contribution is 2.46. The summed E-state index contributed by atoms with van der Waals surface area (Å²) < 4.78 is 0. The molecule has 0 fully saturated rings. The minimum absolute atomic E-state index is 0.00197. The fraction of sp³-hybridized carbons (Fsp3) is 0.265. The van der Waals surface area contributed by atoms with Crippen molar-refractivity contribution in [1.82, 2.24) is 0 Å². The van der Waals surface area contributed by atoms with Gasteiger partial charge in [0.25, 0.3) is 6.71 Å². The average molecular weight is 737 g/mol. The molecule has 9 rings (SSSR count). The Balaban J connectivity index is 1.42. The third-order valence-corrected chi connectivity index (χ3v) is 19.2. The lowest BCUT2D eigenvalue weighted by atomic mass is 9.33. The molecule has 0 spiro atoms. The van der Waals surface area contributed by atoms with Crippen LogP contribution in [0.15, 0.2) is 121 Å². The van der Waals surface area contributed by atoms with Crippen LogP contribution in [-0.2, 0) is 10.8 Å². The van der Waals surface area contributed by atoms with Crippen LogP contribution in [0.25, 0.3) is 0 Å². The first kappa shape index (κ1) is 35.1. The van der Waals surface area contributed by atoms with Crippen molar-refractivity contribution in [3.63, 3.8) is 0 Å². The van der Waals surface area contributed by atoms with Gasteiger partial charge in [0.05, 0.1) is 8.07 Å². The van der Waals surface area contributed by atoms with Gasteiger partial charge in [0, 0.05) is 34.1 Å². The molecule has 0 aliphatic carbocycles. The van der Waals surface area contributed by atoms with Gasteiger partial charge >= 0.3 is 0 Å². The van der Waals surface area contributed by atoms with Crippen LogP contribution in [0.3, 0.4) is 0 Å². The molecule has 0 saturated heterocycles. The first-order valence-corrected chi connectivity index (χ1v) is 25.8. The van der Waals surface area contributed by atoms with Crippen molar-refractivity contribution >= 4 is 94.1 Å². The molecule has 0 aromatic heterocycles. The minimum Gasteiger partial charge on any atom is -0.311 e. The second-order valence-electron chi connectivity index (χ2n) is 19.4. The van der Waals surface area contributed by atoms with Gasteiger partial charge in [0.15, 0.2) is 0 Å². The molecule has 54 heavy (non-hydrogen) atoms. The SMILES string of the molecule is Cc1cc2c3c(c1)N(c1cc(C(C)(C)C)cc(C(C)(C)C)c1)c1cccc4c1B3c1c(cccc1[Si]4(C)c1ccccc1)N2c1ccc([Si](C)(C)C)cc1. The van der Waals surface area contributed by atoms with Crippen LogP contribution < -0.4 is 46.9 Å². The summed E-state index contributed by atoms with van der Waals surface area (Å²) in [6.07, 6.45) is 0. The van der Waals surface area contributed by atoms with Gasteiger partial charge in [-0.3, -0.25) is 0 Å². The van der Waals surface area contributed by atoms with Crippen molar-refractivity contribution in [2.75, 3.05) is 9.80 Å². The predicted molar refractivity (Wildman–Crippen MR) is 243 cm³/mol. The summed E-state index contributed by atoms with van der Waals surface area (Å²) in [5.41, 5.74) is 16.2. The molecule has 0 radical (unpaired) electrons. The highest BCUT2D eigenvalue weighted by molar-refractivity contribution is 7.21. The van der Waals surface area contributed by atoms with E-state index in [9.17, 15) is 0 Å². The molecule has 0 N–H and O–H groups in total. The van der Waals surface area contributed by atoms with E-state index in [0.29, 0.717) is 0 Å². The zero-order chi connectivity index (χ0) is 38.1. The largest absolute Gasteiger partial charge is 0.311 e. The van der Waals surface area contributed by atoms with Gasteiger partial charge in [-0.15, -0.1) is 0 Å². The molecule has 0 amide bonds. The van der Waals surface area contributed by atoms with E-state index in [2.05, 4.69) is 206 Å². The quantitative estimate of drug-likeness (QED) is 0.167. The Bertz CT molecular complexity index is 2450. The van der Waals surface area contributed by atoms with Gasteiger partial charge in [-0.05, 0) is 105 Å². The maximum Gasteiger partial charge on any atom is 0.251 e. The summed E-state index contributed by atoms with van der Waals surface area (Å²) >= 11 is 0. The van der Waals surface area contributed by atoms with Gasteiger partial charge in [-0.25, -0.2) is 0 Å². The van der Waals surface area contributed by atoms with Crippen LogP contribution in [0.1, 0.15) is 58.2 Å². The summed E-state index contributed by atoms with van der Waals surface area (Å²) in [5, 5.41) is 6.04. The molecule has 2 nitrogen and oxygen atoms in total. The lowest BCUT2D eigenvalue weighted by Gasteiger charge is -2.50. The lowest BCUT2D eigenvalue weighted by Crippen LogP contribution is -2.83. The predicted octanol–water partition coefficient (Wildman–Crippen LogP) is 8.63. The van der Waals surface area contributed by atoms with Gasteiger partial charge in [-0.2, -0.15) is 0 Å². The number of rotatable bonds is 4. The smallest absolute Gasteiger partial charge is 0.251 e. The van der Waals surface area contributed by atoms with Crippen molar-refractivity contribution in [2.24, 2.45) is 0 Å². The Morgan fingerprint density at radius 1 is 0.519 bits per heavy atom. The number of nitrogens with zero attached hydrogens (tertiary/aromatic N) is 2. The van der Waals surface area contributed by atoms with Crippen LogP contribution >= 0.6 is 0 Å². The molecule has 3 aliphatic rings. The maximum absolute atomic E-state index is 2.65. The van der Waals surface area contributed by atoms with Crippen LogP contribution in [0.2, 0.25) is 26.2 Å². The molecule has 270 valence electrons. The molecule has 3 aliphatic heterocycles. The highest BCUT2D eigenvalue weighted by atomic mass is 28.3. The topological polar surface area (TPSA) is 6.48 Å². The average Bonchev–Trinajstić information content (AvgIpc) is 3.12. The van der Waals surface area contributed by atoms with Crippen LogP contribution in [0.5, 0.6) is 0 Å². The monoisotopic (exact) mass is 736 g/mol. The van der Waals surface area contributed by atoms with E-state index in [1.165, 1.54) is 77.6 Å². The van der Waals surface area contributed by atoms with E-state index in [0.717, 1.165) is 0 Å². The molecule has 6 aromatic rings. The van der Waals surface area contributed by atoms with Crippen molar-refractivity contribution < 1.29 is 0 Å². The fourth-order valence-electron chi connectivity index (χ4n) is 9.59. The third kappa shape index (κ3) is 5.11. The molecule has 0 saturated carbocycles. The van der Waals surface area contributed by atoms with E-state index in [1.807, 2.05) is 0 Å². The van der Waals surface area contributed by atoms with Crippen LogP contribution in [0.4, 0.5) is 34.1 Å². The maximum atomic E-state index is 2.65. The Kier molecular flexibility index (Phi) is 7.62. The van der Waals surface area contributed by atoms with E-state index in [1.54, 1.807) is 10.4 Å². The summed E-state index contributed by atoms with van der Waals surface area (Å²) in [6.45, 7) is 26.5. The lowest BCUT2D eigenvalue weighted by molar-refractivity contribution is 0.569. The Morgan fingerprint density at radius 3 is 1.50 bits per heavy atom. The zero-order valence-electron chi connectivity index (χ0n) is 34.0. The number of anilines is 6. The minimum atomic E-state index is -2.47. The Morgan fingerprint density at radius 2 is 1.02 bits per heavy atom. The molecular weight excluding hydrogens is 684 g/mol. The number of hydrogen-bond donors (Lipinski definition) is 0. The van der Waals surface area contributed by atoms with E-state index in [4.69, 9.17) is 0 Å². The van der Waals surface area contributed by atoms with Crippen LogP contribution in [-0.4, -0.2) is 22.9 Å².